The first kappa shape index (κ1) is 38.6. The summed E-state index contributed by atoms with van der Waals surface area (Å²) in [7, 11) is -2.11. The molecule has 3 aromatic rings. The summed E-state index contributed by atoms with van der Waals surface area (Å²) in [5.74, 6) is 1.55. The number of sulfonamides is 1. The van der Waals surface area contributed by atoms with Gasteiger partial charge in [0.2, 0.25) is 10.0 Å². The number of rotatable bonds is 9. The molecule has 2 heterocycles. The highest BCUT2D eigenvalue weighted by Crippen LogP contribution is 2.37. The van der Waals surface area contributed by atoms with E-state index in [1.54, 1.807) is 29.3 Å². The molecule has 1 saturated heterocycles. The van der Waals surface area contributed by atoms with Crippen LogP contribution < -0.4 is 20.1 Å². The van der Waals surface area contributed by atoms with Crippen LogP contribution in [-0.4, -0.2) is 86.5 Å². The van der Waals surface area contributed by atoms with Gasteiger partial charge >= 0.3 is 12.1 Å². The molecule has 0 saturated carbocycles. The molecule has 1 aliphatic carbocycles. The van der Waals surface area contributed by atoms with E-state index in [4.69, 9.17) is 14.2 Å². The Kier molecular flexibility index (Phi) is 11.5. The minimum absolute atomic E-state index is 0.277. The Morgan fingerprint density at radius 1 is 0.942 bits per heavy atom. The molecular weight excluding hydrogens is 685 g/mol. The van der Waals surface area contributed by atoms with E-state index in [-0.39, 0.29) is 11.5 Å². The van der Waals surface area contributed by atoms with Gasteiger partial charge in [-0.15, -0.1) is 0 Å². The fourth-order valence-corrected chi connectivity index (χ4v) is 6.86. The van der Waals surface area contributed by atoms with E-state index in [0.717, 1.165) is 28.3 Å². The second kappa shape index (κ2) is 15.5. The third-order valence-electron chi connectivity index (χ3n) is 8.67. The van der Waals surface area contributed by atoms with Crippen LogP contribution in [0.3, 0.4) is 0 Å². The lowest BCUT2D eigenvalue weighted by atomic mass is 9.79. The van der Waals surface area contributed by atoms with Crippen LogP contribution in [0.1, 0.15) is 53.7 Å². The molecule has 280 valence electrons. The fourth-order valence-electron chi connectivity index (χ4n) is 6.15. The normalized spacial score (nSPS) is 17.4. The fraction of sp³-hybridized carbons (Fsp3) is 0.447. The second-order valence-corrected chi connectivity index (χ2v) is 16.9. The maximum absolute atomic E-state index is 13.5. The Morgan fingerprint density at radius 2 is 1.63 bits per heavy atom. The Hall–Kier alpha value is -4.66. The Labute approximate surface area is 306 Å². The van der Waals surface area contributed by atoms with Gasteiger partial charge in [0.15, 0.2) is 0 Å². The van der Waals surface area contributed by atoms with Gasteiger partial charge in [0.1, 0.15) is 22.9 Å². The summed E-state index contributed by atoms with van der Waals surface area (Å²) in [5, 5.41) is 7.39. The molecule has 2 aliphatic rings. The van der Waals surface area contributed by atoms with Crippen molar-refractivity contribution in [3.05, 3.63) is 83.5 Å². The van der Waals surface area contributed by atoms with Gasteiger partial charge in [0.05, 0.1) is 36.5 Å². The number of aromatic nitrogens is 1. The monoisotopic (exact) mass is 734 g/mol. The molecule has 1 aromatic heterocycles. The Bertz CT molecular complexity index is 1970. The van der Waals surface area contributed by atoms with E-state index < -0.39 is 27.7 Å². The quantitative estimate of drug-likeness (QED) is 0.228. The van der Waals surface area contributed by atoms with Crippen LogP contribution in [0.15, 0.2) is 77.8 Å². The van der Waals surface area contributed by atoms with Crippen LogP contribution in [-0.2, 0) is 26.0 Å². The summed E-state index contributed by atoms with van der Waals surface area (Å²) >= 11 is 0. The predicted octanol–water partition coefficient (Wildman–Crippen LogP) is 6.35. The summed E-state index contributed by atoms with van der Waals surface area (Å²) in [6, 6.07) is 13.7. The number of nitrogens with zero attached hydrogens (tertiary/aromatic N) is 3. The number of amides is 3. The number of ether oxygens (including phenoxy) is 3. The van der Waals surface area contributed by atoms with Crippen LogP contribution >= 0.6 is 0 Å². The van der Waals surface area contributed by atoms with Gasteiger partial charge in [-0.3, -0.25) is 9.88 Å². The standard InChI is InChI=1S/C38H50N6O7S/c1-37(2,3)25-21-31(34(49-7)32(22-25)42-52(8,47)48)41-35(45)40-30-13-14-33(29-12-10-9-11-28(29)30)50-27-15-16-39-26(23-27)24-43-17-19-44(20-18-43)36(46)51-38(4,5)6/h9-16,21,23,32,42H,17-20,22,24H2,1-8H3,(H2,40,41,45). The van der Waals surface area contributed by atoms with Crippen molar-refractivity contribution in [3.8, 4) is 11.5 Å². The number of benzene rings is 2. The molecule has 0 radical (unpaired) electrons. The van der Waals surface area contributed by atoms with Crippen LogP contribution in [0.5, 0.6) is 11.5 Å². The van der Waals surface area contributed by atoms with Gasteiger partial charge in [-0.2, -0.15) is 0 Å². The van der Waals surface area contributed by atoms with Crippen molar-refractivity contribution in [2.24, 2.45) is 5.41 Å². The lowest BCUT2D eigenvalue weighted by molar-refractivity contribution is 0.0138. The van der Waals surface area contributed by atoms with Gasteiger partial charge in [-0.25, -0.2) is 22.7 Å². The topological polar surface area (TPSA) is 151 Å². The highest BCUT2D eigenvalue weighted by atomic mass is 32.2. The van der Waals surface area contributed by atoms with Crippen LogP contribution in [0.25, 0.3) is 10.8 Å². The molecule has 52 heavy (non-hydrogen) atoms. The minimum atomic E-state index is -3.56. The number of urea groups is 1. The molecular formula is C38H50N6O7S. The number of methoxy groups -OCH3 is 1. The van der Waals surface area contributed by atoms with Crippen molar-refractivity contribution in [2.75, 3.05) is 44.9 Å². The SMILES string of the molecule is COC1=C(NC(=O)Nc2ccc(Oc3ccnc(CN4CCN(C(=O)OC(C)(C)C)CC4)c3)c3ccccc23)C=C(C(C)(C)C)CC1NS(C)(=O)=O. The van der Waals surface area contributed by atoms with Crippen LogP contribution in [0.4, 0.5) is 15.3 Å². The number of piperazine rings is 1. The molecule has 0 spiro atoms. The highest BCUT2D eigenvalue weighted by Gasteiger charge is 2.32. The number of hydrogen-bond acceptors (Lipinski definition) is 9. The number of fused-ring (bicyclic) bond motifs is 1. The molecule has 2 aromatic carbocycles. The van der Waals surface area contributed by atoms with Crippen molar-refractivity contribution in [1.29, 1.82) is 0 Å². The number of carbonyl (C=O) groups is 2. The molecule has 1 atom stereocenters. The van der Waals surface area contributed by atoms with Gasteiger partial charge in [-0.05, 0) is 56.9 Å². The first-order valence-electron chi connectivity index (χ1n) is 17.3. The summed E-state index contributed by atoms with van der Waals surface area (Å²) < 4.78 is 44.5. The molecule has 13 nitrogen and oxygen atoms in total. The lowest BCUT2D eigenvalue weighted by Gasteiger charge is -2.35. The maximum atomic E-state index is 13.5. The van der Waals surface area contributed by atoms with Crippen molar-refractivity contribution in [2.45, 2.75) is 66.2 Å². The minimum Gasteiger partial charge on any atom is -0.497 e. The maximum Gasteiger partial charge on any atom is 0.410 e. The van der Waals surface area contributed by atoms with Crippen LogP contribution in [0, 0.1) is 5.41 Å². The number of pyridine rings is 1. The van der Waals surface area contributed by atoms with Crippen molar-refractivity contribution >= 4 is 38.6 Å². The zero-order valence-electron chi connectivity index (χ0n) is 31.2. The van der Waals surface area contributed by atoms with E-state index in [1.165, 1.54) is 7.11 Å². The van der Waals surface area contributed by atoms with Gasteiger partial charge in [-0.1, -0.05) is 50.6 Å². The first-order valence-corrected chi connectivity index (χ1v) is 19.2. The summed E-state index contributed by atoms with van der Waals surface area (Å²) in [5.41, 5.74) is 1.92. The second-order valence-electron chi connectivity index (χ2n) is 15.1. The smallest absolute Gasteiger partial charge is 0.410 e. The highest BCUT2D eigenvalue weighted by molar-refractivity contribution is 7.88. The Balaban J connectivity index is 1.28. The van der Waals surface area contributed by atoms with E-state index >= 15 is 0 Å². The van der Waals surface area contributed by atoms with Gasteiger partial charge in [0.25, 0.3) is 0 Å². The lowest BCUT2D eigenvalue weighted by Crippen LogP contribution is -2.49. The third kappa shape index (κ3) is 10.2. The largest absolute Gasteiger partial charge is 0.497 e. The molecule has 1 unspecified atom stereocenters. The number of nitrogens with one attached hydrogen (secondary N) is 3. The number of anilines is 1. The van der Waals surface area contributed by atoms with Crippen molar-refractivity contribution in [3.63, 3.8) is 0 Å². The zero-order valence-corrected chi connectivity index (χ0v) is 32.0. The van der Waals surface area contributed by atoms with Gasteiger partial charge in [0, 0.05) is 55.8 Å². The Morgan fingerprint density at radius 3 is 2.27 bits per heavy atom. The number of carbonyl (C=O) groups excluding carboxylic acids is 2. The molecule has 5 rings (SSSR count). The summed E-state index contributed by atoms with van der Waals surface area (Å²) in [4.78, 5) is 34.5. The first-order chi connectivity index (χ1) is 24.4. The molecule has 0 bridgehead atoms. The summed E-state index contributed by atoms with van der Waals surface area (Å²) in [6.07, 6.45) is 4.78. The van der Waals surface area contributed by atoms with Gasteiger partial charge < -0.3 is 29.7 Å². The number of allylic oxidation sites excluding steroid dienone is 1. The average Bonchev–Trinajstić information content (AvgIpc) is 3.04. The van der Waals surface area contributed by atoms with E-state index in [1.807, 2.05) is 78.0 Å². The average molecular weight is 735 g/mol. The number of hydrogen-bond donors (Lipinski definition) is 3. The van der Waals surface area contributed by atoms with Crippen LogP contribution in [0.2, 0.25) is 0 Å². The molecule has 1 fully saturated rings. The molecule has 3 N–H and O–H groups in total. The molecule has 3 amide bonds. The van der Waals surface area contributed by atoms with Crippen molar-refractivity contribution in [1.82, 2.24) is 24.8 Å². The summed E-state index contributed by atoms with van der Waals surface area (Å²) in [6.45, 7) is 14.9. The molecule has 14 heteroatoms. The van der Waals surface area contributed by atoms with E-state index in [0.29, 0.717) is 67.8 Å². The van der Waals surface area contributed by atoms with E-state index in [2.05, 4.69) is 25.2 Å². The van der Waals surface area contributed by atoms with E-state index in [9.17, 15) is 18.0 Å². The molecule has 1 aliphatic heterocycles. The van der Waals surface area contributed by atoms with Crippen molar-refractivity contribution < 1.29 is 32.2 Å². The predicted molar refractivity (Wildman–Crippen MR) is 201 cm³/mol. The third-order valence-corrected chi connectivity index (χ3v) is 9.38. The zero-order chi connectivity index (χ0) is 37.8.